The second-order valence-corrected chi connectivity index (χ2v) is 5.51. The molecule has 1 fully saturated rings. The van der Waals surface area contributed by atoms with Crippen LogP contribution in [0.4, 0.5) is 5.69 Å². The highest BCUT2D eigenvalue weighted by Crippen LogP contribution is 2.26. The molecule has 25 heavy (non-hydrogen) atoms. The number of ether oxygens (including phenoxy) is 1. The molecule has 128 valence electrons. The fourth-order valence-electron chi connectivity index (χ4n) is 2.47. The van der Waals surface area contributed by atoms with Crippen LogP contribution in [0.1, 0.15) is 19.3 Å². The number of amides is 3. The highest BCUT2D eigenvalue weighted by molar-refractivity contribution is 6.02. The summed E-state index contributed by atoms with van der Waals surface area (Å²) in [6.07, 6.45) is 2.03. The first kappa shape index (κ1) is 16.6. The summed E-state index contributed by atoms with van der Waals surface area (Å²) in [5, 5.41) is 2.71. The molecule has 0 saturated carbocycles. The van der Waals surface area contributed by atoms with Crippen molar-refractivity contribution in [3.63, 3.8) is 0 Å². The Hall–Kier alpha value is -3.22. The number of benzene rings is 1. The van der Waals surface area contributed by atoms with Crippen LogP contribution in [-0.2, 0) is 14.4 Å². The van der Waals surface area contributed by atoms with Crippen molar-refractivity contribution in [3.05, 3.63) is 48.7 Å². The van der Waals surface area contributed by atoms with E-state index >= 15 is 0 Å². The maximum Gasteiger partial charge on any atom is 0.243 e. The number of nitrogens with one attached hydrogen (secondary N) is 1. The highest BCUT2D eigenvalue weighted by atomic mass is 16.5. The predicted octanol–water partition coefficient (Wildman–Crippen LogP) is 2.35. The van der Waals surface area contributed by atoms with E-state index in [1.165, 1.54) is 0 Å². The van der Waals surface area contributed by atoms with Gasteiger partial charge in [0, 0.05) is 32.0 Å². The van der Waals surface area contributed by atoms with Gasteiger partial charge in [-0.15, -0.1) is 0 Å². The lowest BCUT2D eigenvalue weighted by Crippen LogP contribution is -2.32. The van der Waals surface area contributed by atoms with Crippen LogP contribution < -0.4 is 10.1 Å². The SMILES string of the molecule is O=C(CCN1C(=O)CCC1=O)Nc1cccnc1Oc1ccccc1. The Morgan fingerprint density at radius 2 is 1.80 bits per heavy atom. The van der Waals surface area contributed by atoms with Gasteiger partial charge in [-0.1, -0.05) is 18.2 Å². The van der Waals surface area contributed by atoms with Gasteiger partial charge in [-0.25, -0.2) is 4.98 Å². The minimum absolute atomic E-state index is 0.0250. The predicted molar refractivity (Wildman–Crippen MR) is 90.0 cm³/mol. The van der Waals surface area contributed by atoms with Crippen molar-refractivity contribution in [2.75, 3.05) is 11.9 Å². The normalized spacial score (nSPS) is 13.8. The molecule has 0 unspecified atom stereocenters. The maximum atomic E-state index is 12.1. The summed E-state index contributed by atoms with van der Waals surface area (Å²) < 4.78 is 5.68. The molecule has 1 aliphatic rings. The van der Waals surface area contributed by atoms with Gasteiger partial charge >= 0.3 is 0 Å². The smallest absolute Gasteiger partial charge is 0.243 e. The Kier molecular flexibility index (Phi) is 5.03. The molecule has 1 aliphatic heterocycles. The minimum atomic E-state index is -0.321. The van der Waals surface area contributed by atoms with E-state index in [1.807, 2.05) is 18.2 Å². The fraction of sp³-hybridized carbons (Fsp3) is 0.222. The summed E-state index contributed by atoms with van der Waals surface area (Å²) in [5.74, 6) is 0.0956. The average Bonchev–Trinajstić information content (AvgIpc) is 2.94. The standard InChI is InChI=1S/C18H17N3O4/c22-15(10-12-21-16(23)8-9-17(21)24)20-14-7-4-11-19-18(14)25-13-5-2-1-3-6-13/h1-7,11H,8-10,12H2,(H,20,22). The molecule has 0 atom stereocenters. The van der Waals surface area contributed by atoms with E-state index in [2.05, 4.69) is 10.3 Å². The van der Waals surface area contributed by atoms with Gasteiger partial charge in [-0.3, -0.25) is 19.3 Å². The zero-order chi connectivity index (χ0) is 17.6. The van der Waals surface area contributed by atoms with E-state index < -0.39 is 0 Å². The zero-order valence-electron chi connectivity index (χ0n) is 13.5. The average molecular weight is 339 g/mol. The van der Waals surface area contributed by atoms with Gasteiger partial charge in [0.25, 0.3) is 0 Å². The number of rotatable bonds is 6. The van der Waals surface area contributed by atoms with Gasteiger partial charge in [0.05, 0.1) is 0 Å². The molecule has 1 N–H and O–H groups in total. The number of para-hydroxylation sites is 1. The van der Waals surface area contributed by atoms with E-state index in [1.54, 1.807) is 30.5 Å². The van der Waals surface area contributed by atoms with Crippen LogP contribution in [0.3, 0.4) is 0 Å². The van der Waals surface area contributed by atoms with Crippen LogP contribution in [0.5, 0.6) is 11.6 Å². The van der Waals surface area contributed by atoms with Crippen LogP contribution >= 0.6 is 0 Å². The number of anilines is 1. The summed E-state index contributed by atoms with van der Waals surface area (Å²) in [7, 11) is 0. The monoisotopic (exact) mass is 339 g/mol. The molecule has 2 heterocycles. The number of aromatic nitrogens is 1. The number of pyridine rings is 1. The number of carbonyl (C=O) groups excluding carboxylic acids is 3. The lowest BCUT2D eigenvalue weighted by atomic mass is 10.3. The Morgan fingerprint density at radius 1 is 1.08 bits per heavy atom. The van der Waals surface area contributed by atoms with Crippen LogP contribution in [-0.4, -0.2) is 34.2 Å². The summed E-state index contributed by atoms with van der Waals surface area (Å²) in [4.78, 5) is 40.5. The molecule has 0 spiro atoms. The van der Waals surface area contributed by atoms with Crippen molar-refractivity contribution in [1.82, 2.24) is 9.88 Å². The molecule has 2 aromatic rings. The first-order valence-electron chi connectivity index (χ1n) is 7.94. The van der Waals surface area contributed by atoms with Crippen molar-refractivity contribution >= 4 is 23.4 Å². The first-order valence-corrected chi connectivity index (χ1v) is 7.94. The van der Waals surface area contributed by atoms with Crippen LogP contribution in [0, 0.1) is 0 Å². The number of hydrogen-bond donors (Lipinski definition) is 1. The Labute approximate surface area is 144 Å². The van der Waals surface area contributed by atoms with Crippen molar-refractivity contribution in [1.29, 1.82) is 0 Å². The van der Waals surface area contributed by atoms with Gasteiger partial charge in [-0.05, 0) is 24.3 Å². The lowest BCUT2D eigenvalue weighted by molar-refractivity contribution is -0.138. The van der Waals surface area contributed by atoms with Crippen molar-refractivity contribution in [2.45, 2.75) is 19.3 Å². The minimum Gasteiger partial charge on any atom is -0.437 e. The topological polar surface area (TPSA) is 88.6 Å². The van der Waals surface area contributed by atoms with E-state index in [9.17, 15) is 14.4 Å². The molecule has 0 radical (unpaired) electrons. The van der Waals surface area contributed by atoms with Gasteiger partial charge in [0.2, 0.25) is 23.6 Å². The molecule has 1 aromatic heterocycles. The number of imide groups is 1. The molecule has 7 nitrogen and oxygen atoms in total. The summed E-state index contributed by atoms with van der Waals surface area (Å²) >= 11 is 0. The lowest BCUT2D eigenvalue weighted by Gasteiger charge is -2.14. The molecule has 3 rings (SSSR count). The molecular weight excluding hydrogens is 322 g/mol. The van der Waals surface area contributed by atoms with Gasteiger partial charge < -0.3 is 10.1 Å². The Morgan fingerprint density at radius 3 is 2.52 bits per heavy atom. The first-order chi connectivity index (χ1) is 12.1. The third-order valence-electron chi connectivity index (χ3n) is 3.72. The summed E-state index contributed by atoms with van der Waals surface area (Å²) in [6, 6.07) is 12.5. The van der Waals surface area contributed by atoms with E-state index in [0.29, 0.717) is 11.4 Å². The highest BCUT2D eigenvalue weighted by Gasteiger charge is 2.28. The molecule has 1 aromatic carbocycles. The largest absolute Gasteiger partial charge is 0.437 e. The number of carbonyl (C=O) groups is 3. The fourth-order valence-corrected chi connectivity index (χ4v) is 2.47. The zero-order valence-corrected chi connectivity index (χ0v) is 13.5. The molecule has 7 heteroatoms. The van der Waals surface area contributed by atoms with Crippen molar-refractivity contribution < 1.29 is 19.1 Å². The molecule has 3 amide bonds. The molecular formula is C18H17N3O4. The Bertz CT molecular complexity index is 776. The number of hydrogen-bond acceptors (Lipinski definition) is 5. The summed E-state index contributed by atoms with van der Waals surface area (Å²) in [6.45, 7) is 0.0820. The van der Waals surface area contributed by atoms with Gasteiger partial charge in [0.15, 0.2) is 0 Å². The second-order valence-electron chi connectivity index (χ2n) is 5.51. The maximum absolute atomic E-state index is 12.1. The third kappa shape index (κ3) is 4.20. The van der Waals surface area contributed by atoms with Crippen molar-refractivity contribution in [3.8, 4) is 11.6 Å². The van der Waals surface area contributed by atoms with Crippen LogP contribution in [0.15, 0.2) is 48.7 Å². The molecule has 0 bridgehead atoms. The van der Waals surface area contributed by atoms with Crippen LogP contribution in [0.25, 0.3) is 0 Å². The number of likely N-dealkylation sites (tertiary alicyclic amines) is 1. The second kappa shape index (κ2) is 7.57. The molecule has 0 aliphatic carbocycles. The Balaban J connectivity index is 1.61. The van der Waals surface area contributed by atoms with Crippen molar-refractivity contribution in [2.24, 2.45) is 0 Å². The van der Waals surface area contributed by atoms with E-state index in [-0.39, 0.29) is 49.4 Å². The van der Waals surface area contributed by atoms with Gasteiger partial charge in [-0.2, -0.15) is 0 Å². The quantitative estimate of drug-likeness (QED) is 0.816. The third-order valence-corrected chi connectivity index (χ3v) is 3.72. The van der Waals surface area contributed by atoms with Crippen LogP contribution in [0.2, 0.25) is 0 Å². The van der Waals surface area contributed by atoms with E-state index in [0.717, 1.165) is 4.90 Å². The van der Waals surface area contributed by atoms with Gasteiger partial charge in [0.1, 0.15) is 11.4 Å². The number of nitrogens with zero attached hydrogens (tertiary/aromatic N) is 2. The van der Waals surface area contributed by atoms with E-state index in [4.69, 9.17) is 4.74 Å². The summed E-state index contributed by atoms with van der Waals surface area (Å²) in [5.41, 5.74) is 0.426. The molecule has 1 saturated heterocycles.